The summed E-state index contributed by atoms with van der Waals surface area (Å²) in [4.78, 5) is 29.2. The Labute approximate surface area is 254 Å². The molecule has 2 amide bonds. The summed E-state index contributed by atoms with van der Waals surface area (Å²) in [6.07, 6.45) is 0.318. The van der Waals surface area contributed by atoms with Crippen molar-refractivity contribution in [2.45, 2.75) is 71.0 Å². The van der Waals surface area contributed by atoms with Gasteiger partial charge in [-0.1, -0.05) is 54.4 Å². The lowest BCUT2D eigenvalue weighted by atomic mass is 10.1. The van der Waals surface area contributed by atoms with E-state index in [1.165, 1.54) is 23.1 Å². The number of anilines is 1. The van der Waals surface area contributed by atoms with Crippen molar-refractivity contribution in [3.05, 3.63) is 88.4 Å². The zero-order valence-electron chi connectivity index (χ0n) is 25.3. The summed E-state index contributed by atoms with van der Waals surface area (Å²) in [5.74, 6) is -0.262. The Morgan fingerprint density at radius 3 is 2.26 bits per heavy atom. The number of ether oxygens (including phenoxy) is 1. The van der Waals surface area contributed by atoms with Crippen LogP contribution in [-0.2, 0) is 26.2 Å². The van der Waals surface area contributed by atoms with Crippen LogP contribution in [0.3, 0.4) is 0 Å². The molecule has 10 heteroatoms. The second-order valence-electron chi connectivity index (χ2n) is 11.3. The van der Waals surface area contributed by atoms with Crippen LogP contribution in [0.1, 0.15) is 50.8 Å². The fraction of sp³-hybridized carbons (Fsp3) is 0.375. The lowest BCUT2D eigenvalue weighted by Gasteiger charge is -2.35. The van der Waals surface area contributed by atoms with Gasteiger partial charge in [-0.15, -0.1) is 0 Å². The molecular formula is C32H40ClN3O5S. The normalized spacial score (nSPS) is 12.4. The third kappa shape index (κ3) is 8.26. The zero-order valence-corrected chi connectivity index (χ0v) is 26.8. The second kappa shape index (κ2) is 13.6. The SMILES string of the molecule is CC[C@H](C(=O)NC(C)(C)C)N(Cc1cccc(OC)c1)C(=O)CN(c1cc(Cl)ccc1C)S(=O)(=O)c1ccc(C)cc1. The highest BCUT2D eigenvalue weighted by atomic mass is 35.5. The monoisotopic (exact) mass is 613 g/mol. The average Bonchev–Trinajstić information content (AvgIpc) is 2.92. The molecule has 3 rings (SSSR count). The Kier molecular flexibility index (Phi) is 10.7. The molecule has 0 radical (unpaired) electrons. The first-order valence-corrected chi connectivity index (χ1v) is 15.6. The molecule has 0 fully saturated rings. The second-order valence-corrected chi connectivity index (χ2v) is 13.6. The smallest absolute Gasteiger partial charge is 0.264 e. The van der Waals surface area contributed by atoms with Gasteiger partial charge in [0.15, 0.2) is 0 Å². The molecule has 0 aromatic heterocycles. The molecule has 0 bridgehead atoms. The van der Waals surface area contributed by atoms with E-state index in [-0.39, 0.29) is 23.0 Å². The van der Waals surface area contributed by atoms with Crippen molar-refractivity contribution in [2.75, 3.05) is 18.0 Å². The summed E-state index contributed by atoms with van der Waals surface area (Å²) in [7, 11) is -2.65. The number of hydrogen-bond donors (Lipinski definition) is 1. The summed E-state index contributed by atoms with van der Waals surface area (Å²) in [6, 6.07) is 17.7. The van der Waals surface area contributed by atoms with Crippen molar-refractivity contribution in [1.29, 1.82) is 0 Å². The molecule has 0 saturated heterocycles. The van der Waals surface area contributed by atoms with E-state index in [2.05, 4.69) is 5.32 Å². The van der Waals surface area contributed by atoms with Crippen LogP contribution in [0.15, 0.2) is 71.6 Å². The highest BCUT2D eigenvalue weighted by Crippen LogP contribution is 2.30. The zero-order chi connectivity index (χ0) is 31.2. The van der Waals surface area contributed by atoms with Crippen LogP contribution >= 0.6 is 11.6 Å². The molecule has 0 aliphatic heterocycles. The van der Waals surface area contributed by atoms with E-state index < -0.39 is 34.1 Å². The van der Waals surface area contributed by atoms with Gasteiger partial charge in [-0.05, 0) is 88.6 Å². The number of amides is 2. The van der Waals surface area contributed by atoms with Gasteiger partial charge in [0, 0.05) is 17.1 Å². The number of nitrogens with zero attached hydrogens (tertiary/aromatic N) is 2. The topological polar surface area (TPSA) is 96.0 Å². The maximum atomic E-state index is 14.3. The number of nitrogens with one attached hydrogen (secondary N) is 1. The van der Waals surface area contributed by atoms with Gasteiger partial charge in [0.1, 0.15) is 18.3 Å². The summed E-state index contributed by atoms with van der Waals surface area (Å²) < 4.78 is 34.6. The molecule has 0 aliphatic rings. The molecule has 226 valence electrons. The number of hydrogen-bond acceptors (Lipinski definition) is 5. The highest BCUT2D eigenvalue weighted by molar-refractivity contribution is 7.92. The molecule has 8 nitrogen and oxygen atoms in total. The first kappa shape index (κ1) is 32.9. The fourth-order valence-electron chi connectivity index (χ4n) is 4.54. The molecule has 1 N–H and O–H groups in total. The number of carbonyl (C=O) groups excluding carboxylic acids is 2. The van der Waals surface area contributed by atoms with E-state index in [9.17, 15) is 18.0 Å². The number of carbonyl (C=O) groups is 2. The molecule has 3 aromatic rings. The van der Waals surface area contributed by atoms with Crippen molar-refractivity contribution >= 4 is 39.1 Å². The van der Waals surface area contributed by atoms with Crippen molar-refractivity contribution < 1.29 is 22.7 Å². The lowest BCUT2D eigenvalue weighted by Crippen LogP contribution is -2.55. The summed E-state index contributed by atoms with van der Waals surface area (Å²) >= 11 is 6.31. The van der Waals surface area contributed by atoms with E-state index in [0.717, 1.165) is 15.4 Å². The average molecular weight is 614 g/mol. The summed E-state index contributed by atoms with van der Waals surface area (Å²) in [5.41, 5.74) is 2.00. The molecule has 0 saturated carbocycles. The molecular weight excluding hydrogens is 574 g/mol. The highest BCUT2D eigenvalue weighted by Gasteiger charge is 2.35. The molecule has 0 spiro atoms. The van der Waals surface area contributed by atoms with Gasteiger partial charge in [0.2, 0.25) is 11.8 Å². The first-order chi connectivity index (χ1) is 19.7. The van der Waals surface area contributed by atoms with Gasteiger partial charge in [-0.3, -0.25) is 13.9 Å². The minimum Gasteiger partial charge on any atom is -0.497 e. The molecule has 0 aliphatic carbocycles. The lowest BCUT2D eigenvalue weighted by molar-refractivity contribution is -0.141. The fourth-order valence-corrected chi connectivity index (χ4v) is 6.18. The minimum atomic E-state index is -4.20. The maximum absolute atomic E-state index is 14.3. The Bertz CT molecular complexity index is 1520. The predicted octanol–water partition coefficient (Wildman–Crippen LogP) is 5.88. The molecule has 0 unspecified atom stereocenters. The van der Waals surface area contributed by atoms with Gasteiger partial charge in [0.25, 0.3) is 10.0 Å². The third-order valence-corrected chi connectivity index (χ3v) is 8.71. The van der Waals surface area contributed by atoms with Crippen LogP contribution in [-0.4, -0.2) is 50.4 Å². The van der Waals surface area contributed by atoms with E-state index in [0.29, 0.717) is 22.8 Å². The number of halogens is 1. The predicted molar refractivity (Wildman–Crippen MR) is 167 cm³/mol. The van der Waals surface area contributed by atoms with Gasteiger partial charge in [0.05, 0.1) is 17.7 Å². The Balaban J connectivity index is 2.12. The van der Waals surface area contributed by atoms with Crippen molar-refractivity contribution in [3.8, 4) is 5.75 Å². The van der Waals surface area contributed by atoms with Crippen LogP contribution in [0, 0.1) is 13.8 Å². The van der Waals surface area contributed by atoms with Crippen LogP contribution in [0.25, 0.3) is 0 Å². The van der Waals surface area contributed by atoms with Crippen molar-refractivity contribution in [3.63, 3.8) is 0 Å². The molecule has 0 heterocycles. The van der Waals surface area contributed by atoms with Gasteiger partial charge >= 0.3 is 0 Å². The molecule has 42 heavy (non-hydrogen) atoms. The number of methoxy groups -OCH3 is 1. The van der Waals surface area contributed by atoms with Crippen LogP contribution in [0.2, 0.25) is 5.02 Å². The largest absolute Gasteiger partial charge is 0.497 e. The number of benzene rings is 3. The number of aryl methyl sites for hydroxylation is 2. The summed E-state index contributed by atoms with van der Waals surface area (Å²) in [6.45, 7) is 10.6. The van der Waals surface area contributed by atoms with Crippen LogP contribution < -0.4 is 14.4 Å². The van der Waals surface area contributed by atoms with E-state index in [4.69, 9.17) is 16.3 Å². The van der Waals surface area contributed by atoms with Crippen LogP contribution in [0.5, 0.6) is 5.75 Å². The van der Waals surface area contributed by atoms with Gasteiger partial charge < -0.3 is 15.0 Å². The van der Waals surface area contributed by atoms with E-state index in [1.54, 1.807) is 56.5 Å². The quantitative estimate of drug-likeness (QED) is 0.291. The Morgan fingerprint density at radius 1 is 1.00 bits per heavy atom. The minimum absolute atomic E-state index is 0.0390. The van der Waals surface area contributed by atoms with Gasteiger partial charge in [-0.2, -0.15) is 0 Å². The Morgan fingerprint density at radius 2 is 1.67 bits per heavy atom. The Hall–Kier alpha value is -3.56. The van der Waals surface area contributed by atoms with Crippen molar-refractivity contribution in [1.82, 2.24) is 10.2 Å². The van der Waals surface area contributed by atoms with Crippen molar-refractivity contribution in [2.24, 2.45) is 0 Å². The molecule has 3 aromatic carbocycles. The third-order valence-electron chi connectivity index (χ3n) is 6.70. The summed E-state index contributed by atoms with van der Waals surface area (Å²) in [5, 5.41) is 3.30. The van der Waals surface area contributed by atoms with E-state index in [1.807, 2.05) is 40.7 Å². The first-order valence-electron chi connectivity index (χ1n) is 13.8. The molecule has 1 atom stereocenters. The number of sulfonamides is 1. The van der Waals surface area contributed by atoms with Crippen LogP contribution in [0.4, 0.5) is 5.69 Å². The maximum Gasteiger partial charge on any atom is 0.264 e. The standard InChI is InChI=1S/C32H40ClN3O5S/c1-8-28(31(38)34-32(4,5)6)35(20-24-10-9-11-26(18-24)41-7)30(37)21-36(29-19-25(33)15-14-23(29)3)42(39,40)27-16-12-22(2)13-17-27/h9-19,28H,8,20-21H2,1-7H3,(H,34,38)/t28-/m1/s1. The van der Waals surface area contributed by atoms with E-state index >= 15 is 0 Å². The van der Waals surface area contributed by atoms with Gasteiger partial charge in [-0.25, -0.2) is 8.42 Å². The number of rotatable bonds is 11.